The lowest BCUT2D eigenvalue weighted by Crippen LogP contribution is -2.53. The highest BCUT2D eigenvalue weighted by Gasteiger charge is 2.48. The number of hydrogen-bond acceptors (Lipinski definition) is 7. The number of aromatic nitrogens is 3. The molecule has 2 N–H and O–H groups in total. The Balaban J connectivity index is 0.000000535. The van der Waals surface area contributed by atoms with Gasteiger partial charge in [0.05, 0.1) is 36.5 Å². The second-order valence-electron chi connectivity index (χ2n) is 15.8. The predicted octanol–water partition coefficient (Wildman–Crippen LogP) is 8.15. The first-order chi connectivity index (χ1) is 23.6. The Labute approximate surface area is 305 Å². The highest BCUT2D eigenvalue weighted by molar-refractivity contribution is 7.81. The molecule has 8 nitrogen and oxygen atoms in total. The molecule has 1 aliphatic heterocycles. The summed E-state index contributed by atoms with van der Waals surface area (Å²) in [6.07, 6.45) is 6.21. The highest BCUT2D eigenvalue weighted by atomic mass is 32.1. The summed E-state index contributed by atoms with van der Waals surface area (Å²) in [5.74, 6) is -0.0422. The van der Waals surface area contributed by atoms with E-state index in [9.17, 15) is 4.79 Å². The van der Waals surface area contributed by atoms with Gasteiger partial charge in [0.2, 0.25) is 0 Å². The molecule has 1 unspecified atom stereocenters. The molecule has 0 bridgehead atoms. The molecule has 0 radical (unpaired) electrons. The molecule has 1 aliphatic carbocycles. The zero-order valence-electron chi connectivity index (χ0n) is 31.7. The minimum Gasteiger partial charge on any atom is -0.380 e. The molecule has 2 aliphatic rings. The van der Waals surface area contributed by atoms with E-state index >= 15 is 0 Å². The van der Waals surface area contributed by atoms with Gasteiger partial charge in [-0.15, -0.1) is 0 Å². The van der Waals surface area contributed by atoms with Crippen LogP contribution in [0.3, 0.4) is 0 Å². The number of rotatable bonds is 11. The number of carbonyl (C=O) groups is 1. The average Bonchev–Trinajstić information content (AvgIpc) is 3.70. The number of fused-ring (bicyclic) bond motifs is 1. The van der Waals surface area contributed by atoms with Crippen LogP contribution in [0.1, 0.15) is 100 Å². The van der Waals surface area contributed by atoms with Crippen molar-refractivity contribution < 1.29 is 9.53 Å². The van der Waals surface area contributed by atoms with Gasteiger partial charge in [-0.2, -0.15) is 17.7 Å². The SMILES string of the molecule is CC(C)(S)C1(C)CC1.CCC(C)NC(=O)c1ccc(-c2cnc3c(NCC(C)(C)N4CCOCC4)cc(Cc4cccc(C)c4)nn23)cc1C. The number of imidazole rings is 1. The molecular weight excluding hydrogens is 641 g/mol. The molecule has 9 heteroatoms. The Hall–Kier alpha value is -3.40. The van der Waals surface area contributed by atoms with Crippen LogP contribution in [0.25, 0.3) is 16.9 Å². The molecule has 1 saturated heterocycles. The van der Waals surface area contributed by atoms with Gasteiger partial charge in [-0.05, 0) is 88.6 Å². The second-order valence-corrected chi connectivity index (χ2v) is 16.9. The van der Waals surface area contributed by atoms with Crippen LogP contribution in [-0.4, -0.2) is 74.6 Å². The van der Waals surface area contributed by atoms with Gasteiger partial charge in [-0.3, -0.25) is 9.69 Å². The first-order valence-corrected chi connectivity index (χ1v) is 18.7. The molecule has 6 rings (SSSR count). The zero-order valence-corrected chi connectivity index (χ0v) is 32.6. The minimum atomic E-state index is -0.0566. The van der Waals surface area contributed by atoms with Crippen molar-refractivity contribution in [3.05, 3.63) is 82.7 Å². The summed E-state index contributed by atoms with van der Waals surface area (Å²) in [6, 6.07) is 16.8. The number of benzene rings is 2. The lowest BCUT2D eigenvalue weighted by molar-refractivity contribution is -0.00568. The summed E-state index contributed by atoms with van der Waals surface area (Å²) >= 11 is 4.50. The maximum absolute atomic E-state index is 12.8. The van der Waals surface area contributed by atoms with Crippen LogP contribution in [0.4, 0.5) is 5.69 Å². The van der Waals surface area contributed by atoms with E-state index < -0.39 is 0 Å². The molecular formula is C41H58N6O2S. The van der Waals surface area contributed by atoms with Crippen LogP contribution in [-0.2, 0) is 11.2 Å². The lowest BCUT2D eigenvalue weighted by atomic mass is 9.94. The first kappa shape index (κ1) is 37.8. The third kappa shape index (κ3) is 9.09. The van der Waals surface area contributed by atoms with Crippen molar-refractivity contribution in [2.45, 2.75) is 104 Å². The van der Waals surface area contributed by atoms with E-state index in [0.29, 0.717) is 17.4 Å². The molecule has 270 valence electrons. The smallest absolute Gasteiger partial charge is 0.251 e. The van der Waals surface area contributed by atoms with Gasteiger partial charge in [-0.1, -0.05) is 63.6 Å². The Kier molecular flexibility index (Phi) is 11.7. The van der Waals surface area contributed by atoms with E-state index in [0.717, 1.165) is 73.1 Å². The lowest BCUT2D eigenvalue weighted by Gasteiger charge is -2.41. The number of nitrogens with one attached hydrogen (secondary N) is 2. The van der Waals surface area contributed by atoms with Gasteiger partial charge in [0.1, 0.15) is 0 Å². The van der Waals surface area contributed by atoms with E-state index in [1.165, 1.54) is 24.0 Å². The number of anilines is 1. The fourth-order valence-electron chi connectivity index (χ4n) is 6.34. The number of aryl methyl sites for hydroxylation is 2. The third-order valence-corrected chi connectivity index (χ3v) is 11.3. The zero-order chi connectivity index (χ0) is 36.3. The maximum atomic E-state index is 12.8. The van der Waals surface area contributed by atoms with E-state index in [2.05, 4.69) is 113 Å². The number of ether oxygens (including phenoxy) is 1. The first-order valence-electron chi connectivity index (χ1n) is 18.2. The van der Waals surface area contributed by atoms with E-state index in [4.69, 9.17) is 14.8 Å². The van der Waals surface area contributed by atoms with Crippen LogP contribution in [0.15, 0.2) is 54.7 Å². The fraction of sp³-hybridized carbons (Fsp3) is 0.537. The molecule has 1 atom stereocenters. The topological polar surface area (TPSA) is 83.8 Å². The van der Waals surface area contributed by atoms with Crippen molar-refractivity contribution in [3.63, 3.8) is 0 Å². The van der Waals surface area contributed by atoms with E-state index in [1.807, 2.05) is 36.7 Å². The van der Waals surface area contributed by atoms with Crippen molar-refractivity contribution in [2.24, 2.45) is 5.41 Å². The Morgan fingerprint density at radius 3 is 2.38 bits per heavy atom. The maximum Gasteiger partial charge on any atom is 0.251 e. The largest absolute Gasteiger partial charge is 0.380 e. The quantitative estimate of drug-likeness (QED) is 0.137. The standard InChI is InChI=1S/C34H44N6O2.C7H14S/c1-7-25(4)37-33(41)29-12-11-27(18-24(29)3)31-21-35-32-30(36-22-34(5,6)39-13-15-42-16-14-39)20-28(38-40(31)32)19-26-10-8-9-23(2)17-26;1-6(2,8)7(3)4-5-7/h8-12,17-18,20-21,25,36H,7,13-16,19,22H2,1-6H3,(H,37,41);8H,4-5H2,1-3H3. The number of nitrogens with zero attached hydrogens (tertiary/aromatic N) is 4. The van der Waals surface area contributed by atoms with E-state index in [1.54, 1.807) is 0 Å². The Morgan fingerprint density at radius 1 is 1.06 bits per heavy atom. The van der Waals surface area contributed by atoms with Crippen LogP contribution in [0, 0.1) is 19.3 Å². The summed E-state index contributed by atoms with van der Waals surface area (Å²) in [4.78, 5) is 20.2. The van der Waals surface area contributed by atoms with Crippen molar-refractivity contribution in [1.29, 1.82) is 0 Å². The number of morpholine rings is 1. The van der Waals surface area contributed by atoms with Crippen LogP contribution >= 0.6 is 12.6 Å². The summed E-state index contributed by atoms with van der Waals surface area (Å²) in [5.41, 5.74) is 9.12. The van der Waals surface area contributed by atoms with Crippen LogP contribution in [0.5, 0.6) is 0 Å². The average molecular weight is 699 g/mol. The Morgan fingerprint density at radius 2 is 1.78 bits per heavy atom. The number of hydrogen-bond donors (Lipinski definition) is 3. The fourth-order valence-corrected chi connectivity index (χ4v) is 6.56. The molecule has 0 spiro atoms. The van der Waals surface area contributed by atoms with Gasteiger partial charge >= 0.3 is 0 Å². The molecule has 2 fully saturated rings. The third-order valence-electron chi connectivity index (χ3n) is 10.8. The van der Waals surface area contributed by atoms with Gasteiger partial charge in [0, 0.05) is 53.5 Å². The second kappa shape index (κ2) is 15.5. The van der Waals surface area contributed by atoms with Gasteiger partial charge in [-0.25, -0.2) is 9.50 Å². The highest BCUT2D eigenvalue weighted by Crippen LogP contribution is 2.56. The molecule has 2 aromatic carbocycles. The van der Waals surface area contributed by atoms with Crippen molar-refractivity contribution >= 4 is 29.9 Å². The number of amides is 1. The van der Waals surface area contributed by atoms with Gasteiger partial charge in [0.15, 0.2) is 5.65 Å². The minimum absolute atomic E-state index is 0.0422. The van der Waals surface area contributed by atoms with Gasteiger partial charge < -0.3 is 15.4 Å². The van der Waals surface area contributed by atoms with Gasteiger partial charge in [0.25, 0.3) is 5.91 Å². The molecule has 1 saturated carbocycles. The summed E-state index contributed by atoms with van der Waals surface area (Å²) in [6.45, 7) is 23.6. The number of thiol groups is 1. The summed E-state index contributed by atoms with van der Waals surface area (Å²) < 4.78 is 7.78. The number of carbonyl (C=O) groups excluding carboxylic acids is 1. The summed E-state index contributed by atoms with van der Waals surface area (Å²) in [5, 5.41) is 11.9. The van der Waals surface area contributed by atoms with Crippen molar-refractivity contribution in [1.82, 2.24) is 24.8 Å². The van der Waals surface area contributed by atoms with Crippen molar-refractivity contribution in [2.75, 3.05) is 38.2 Å². The van der Waals surface area contributed by atoms with E-state index in [-0.39, 0.29) is 22.2 Å². The molecule has 50 heavy (non-hydrogen) atoms. The monoisotopic (exact) mass is 698 g/mol. The molecule has 3 heterocycles. The predicted molar refractivity (Wildman–Crippen MR) is 210 cm³/mol. The molecule has 4 aromatic rings. The normalized spacial score (nSPS) is 16.8. The van der Waals surface area contributed by atoms with Crippen molar-refractivity contribution in [3.8, 4) is 11.3 Å². The molecule has 2 aromatic heterocycles. The van der Waals surface area contributed by atoms with Crippen LogP contribution < -0.4 is 10.6 Å². The van der Waals surface area contributed by atoms with Crippen LogP contribution in [0.2, 0.25) is 0 Å². The Bertz CT molecular complexity index is 1780. The molecule has 1 amide bonds. The summed E-state index contributed by atoms with van der Waals surface area (Å²) in [7, 11) is 0.